The van der Waals surface area contributed by atoms with Crippen molar-refractivity contribution in [2.24, 2.45) is 0 Å². The number of halogens is 1. The van der Waals surface area contributed by atoms with E-state index >= 15 is 0 Å². The maximum Gasteiger partial charge on any atom is 0.170 e. The lowest BCUT2D eigenvalue weighted by Crippen LogP contribution is -2.04. The molecule has 0 heterocycles. The number of ketones is 1. The number of hydrogen-bond donors (Lipinski definition) is 1. The van der Waals surface area contributed by atoms with Gasteiger partial charge >= 0.3 is 0 Å². The number of benzene rings is 3. The van der Waals surface area contributed by atoms with Gasteiger partial charge in [-0.05, 0) is 47.5 Å². The number of aromatic hydroxyl groups is 1. The standard InChI is InChI=1S/C22H19ClO4/c1-26-18-8-4-15(5-9-18)12-21(24)20-11-10-19(13-22(20)25)27-14-16-2-6-17(23)7-3-16/h2-11,13,25H,12,14H2,1H3. The molecule has 5 heteroatoms. The van der Waals surface area contributed by atoms with Crippen LogP contribution >= 0.6 is 11.6 Å². The average Bonchev–Trinajstić information content (AvgIpc) is 2.68. The van der Waals surface area contributed by atoms with E-state index in [1.165, 1.54) is 6.07 Å². The molecule has 0 unspecified atom stereocenters. The number of phenolic OH excluding ortho intramolecular Hbond substituents is 1. The molecule has 1 N–H and O–H groups in total. The van der Waals surface area contributed by atoms with Crippen LogP contribution in [0.25, 0.3) is 0 Å². The van der Waals surface area contributed by atoms with Crippen molar-refractivity contribution in [3.8, 4) is 17.2 Å². The number of rotatable bonds is 7. The Balaban J connectivity index is 1.64. The van der Waals surface area contributed by atoms with Crippen LogP contribution in [0, 0.1) is 0 Å². The van der Waals surface area contributed by atoms with Gasteiger partial charge in [0.15, 0.2) is 5.78 Å². The summed E-state index contributed by atoms with van der Waals surface area (Å²) in [4.78, 5) is 12.5. The van der Waals surface area contributed by atoms with Crippen molar-refractivity contribution in [3.05, 3.63) is 88.4 Å². The number of Topliss-reactive ketones (excluding diaryl/α,β-unsaturated/α-hetero) is 1. The molecule has 3 rings (SSSR count). The molecule has 0 fully saturated rings. The molecule has 0 spiro atoms. The van der Waals surface area contributed by atoms with Gasteiger partial charge < -0.3 is 14.6 Å². The van der Waals surface area contributed by atoms with Gasteiger partial charge in [0.1, 0.15) is 23.9 Å². The molecule has 0 aliphatic rings. The molecule has 0 aliphatic heterocycles. The smallest absolute Gasteiger partial charge is 0.170 e. The van der Waals surface area contributed by atoms with Crippen molar-refractivity contribution < 1.29 is 19.4 Å². The van der Waals surface area contributed by atoms with Gasteiger partial charge in [-0.1, -0.05) is 35.9 Å². The van der Waals surface area contributed by atoms with E-state index in [-0.39, 0.29) is 23.5 Å². The molecule has 0 bridgehead atoms. The van der Waals surface area contributed by atoms with Gasteiger partial charge in [0, 0.05) is 17.5 Å². The number of phenols is 1. The topological polar surface area (TPSA) is 55.8 Å². The van der Waals surface area contributed by atoms with Crippen LogP contribution in [-0.2, 0) is 13.0 Å². The van der Waals surface area contributed by atoms with Gasteiger partial charge in [-0.2, -0.15) is 0 Å². The molecular formula is C22H19ClO4. The second-order valence-electron chi connectivity index (χ2n) is 6.04. The largest absolute Gasteiger partial charge is 0.507 e. The molecule has 0 saturated carbocycles. The first kappa shape index (κ1) is 18.8. The molecule has 27 heavy (non-hydrogen) atoms. The van der Waals surface area contributed by atoms with Gasteiger partial charge in [-0.15, -0.1) is 0 Å². The lowest BCUT2D eigenvalue weighted by Gasteiger charge is -2.09. The highest BCUT2D eigenvalue weighted by Gasteiger charge is 2.13. The lowest BCUT2D eigenvalue weighted by molar-refractivity contribution is 0.0990. The first-order valence-electron chi connectivity index (χ1n) is 8.41. The molecule has 0 amide bonds. The van der Waals surface area contributed by atoms with Crippen molar-refractivity contribution >= 4 is 17.4 Å². The summed E-state index contributed by atoms with van der Waals surface area (Å²) in [5.41, 5.74) is 2.08. The maximum absolute atomic E-state index is 12.5. The van der Waals surface area contributed by atoms with Crippen LogP contribution in [0.5, 0.6) is 17.2 Å². The lowest BCUT2D eigenvalue weighted by atomic mass is 10.0. The van der Waals surface area contributed by atoms with E-state index in [9.17, 15) is 9.90 Å². The summed E-state index contributed by atoms with van der Waals surface area (Å²) in [5, 5.41) is 10.9. The SMILES string of the molecule is COc1ccc(CC(=O)c2ccc(OCc3ccc(Cl)cc3)cc2O)cc1. The predicted molar refractivity (Wildman–Crippen MR) is 105 cm³/mol. The molecule has 0 saturated heterocycles. The zero-order valence-electron chi connectivity index (χ0n) is 14.8. The third-order valence-electron chi connectivity index (χ3n) is 4.11. The maximum atomic E-state index is 12.5. The van der Waals surface area contributed by atoms with E-state index in [2.05, 4.69) is 0 Å². The van der Waals surface area contributed by atoms with E-state index < -0.39 is 0 Å². The van der Waals surface area contributed by atoms with Gasteiger partial charge in [-0.25, -0.2) is 0 Å². The summed E-state index contributed by atoms with van der Waals surface area (Å²) in [6.07, 6.45) is 0.197. The second-order valence-corrected chi connectivity index (χ2v) is 6.48. The van der Waals surface area contributed by atoms with Crippen molar-refractivity contribution in [2.75, 3.05) is 7.11 Å². The summed E-state index contributed by atoms with van der Waals surface area (Å²) in [6.45, 7) is 0.343. The van der Waals surface area contributed by atoms with Crippen LogP contribution in [0.4, 0.5) is 0 Å². The zero-order valence-corrected chi connectivity index (χ0v) is 15.6. The fourth-order valence-corrected chi connectivity index (χ4v) is 2.73. The molecule has 138 valence electrons. The van der Waals surface area contributed by atoms with Crippen molar-refractivity contribution in [1.82, 2.24) is 0 Å². The quantitative estimate of drug-likeness (QED) is 0.580. The number of carbonyl (C=O) groups is 1. The molecule has 4 nitrogen and oxygen atoms in total. The summed E-state index contributed by atoms with van der Waals surface area (Å²) < 4.78 is 10.8. The normalized spacial score (nSPS) is 10.4. The number of ether oxygens (including phenoxy) is 2. The Labute approximate surface area is 162 Å². The van der Waals surface area contributed by atoms with E-state index in [1.807, 2.05) is 24.3 Å². The van der Waals surface area contributed by atoms with Crippen LogP contribution in [0.1, 0.15) is 21.5 Å². The molecular weight excluding hydrogens is 364 g/mol. The molecule has 3 aromatic carbocycles. The van der Waals surface area contributed by atoms with Gasteiger partial charge in [0.25, 0.3) is 0 Å². The van der Waals surface area contributed by atoms with Crippen LogP contribution in [0.3, 0.4) is 0 Å². The van der Waals surface area contributed by atoms with E-state index in [1.54, 1.807) is 43.5 Å². The summed E-state index contributed by atoms with van der Waals surface area (Å²) >= 11 is 5.86. The Bertz CT molecular complexity index is 918. The third-order valence-corrected chi connectivity index (χ3v) is 4.36. The second kappa shape index (κ2) is 8.60. The van der Waals surface area contributed by atoms with Gasteiger partial charge in [0.2, 0.25) is 0 Å². The predicted octanol–water partition coefficient (Wildman–Crippen LogP) is 5.06. The Hall–Kier alpha value is -2.98. The minimum atomic E-state index is -0.165. The van der Waals surface area contributed by atoms with Gasteiger partial charge in [0.05, 0.1) is 12.7 Å². The molecule has 0 atom stereocenters. The van der Waals surface area contributed by atoms with Gasteiger partial charge in [-0.3, -0.25) is 4.79 Å². The van der Waals surface area contributed by atoms with E-state index in [0.717, 1.165) is 16.9 Å². The third kappa shape index (κ3) is 5.02. The fourth-order valence-electron chi connectivity index (χ4n) is 2.61. The van der Waals surface area contributed by atoms with Crippen molar-refractivity contribution in [2.45, 2.75) is 13.0 Å². The Morgan fingerprint density at radius 2 is 1.56 bits per heavy atom. The Morgan fingerprint density at radius 1 is 0.926 bits per heavy atom. The van der Waals surface area contributed by atoms with Crippen molar-refractivity contribution in [3.63, 3.8) is 0 Å². The average molecular weight is 383 g/mol. The molecule has 0 radical (unpaired) electrons. The number of methoxy groups -OCH3 is 1. The van der Waals surface area contributed by atoms with Crippen LogP contribution in [0.15, 0.2) is 66.7 Å². The van der Waals surface area contributed by atoms with Crippen LogP contribution in [-0.4, -0.2) is 18.0 Å². The fraction of sp³-hybridized carbons (Fsp3) is 0.136. The number of carbonyl (C=O) groups excluding carboxylic acids is 1. The molecule has 0 aliphatic carbocycles. The molecule has 0 aromatic heterocycles. The number of hydrogen-bond acceptors (Lipinski definition) is 4. The Morgan fingerprint density at radius 3 is 2.19 bits per heavy atom. The highest BCUT2D eigenvalue weighted by atomic mass is 35.5. The van der Waals surface area contributed by atoms with Crippen LogP contribution < -0.4 is 9.47 Å². The minimum absolute atomic E-state index is 0.0953. The van der Waals surface area contributed by atoms with E-state index in [0.29, 0.717) is 17.4 Å². The van der Waals surface area contributed by atoms with Crippen LogP contribution in [0.2, 0.25) is 5.02 Å². The highest BCUT2D eigenvalue weighted by Crippen LogP contribution is 2.26. The summed E-state index contributed by atoms with van der Waals surface area (Å²) in [7, 11) is 1.59. The van der Waals surface area contributed by atoms with Crippen molar-refractivity contribution in [1.29, 1.82) is 0 Å². The summed E-state index contributed by atoms with van der Waals surface area (Å²) in [6, 6.07) is 19.3. The summed E-state index contributed by atoms with van der Waals surface area (Å²) in [5.74, 6) is 0.962. The zero-order chi connectivity index (χ0) is 19.2. The minimum Gasteiger partial charge on any atom is -0.507 e. The monoisotopic (exact) mass is 382 g/mol. The molecule has 3 aromatic rings. The first-order valence-corrected chi connectivity index (χ1v) is 8.79. The first-order chi connectivity index (χ1) is 13.0. The van der Waals surface area contributed by atoms with E-state index in [4.69, 9.17) is 21.1 Å². The highest BCUT2D eigenvalue weighted by molar-refractivity contribution is 6.30. The Kier molecular flexibility index (Phi) is 5.99.